The van der Waals surface area contributed by atoms with Gasteiger partial charge < -0.3 is 14.8 Å². The number of anilines is 1. The van der Waals surface area contributed by atoms with Crippen LogP contribution < -0.4 is 10.1 Å². The van der Waals surface area contributed by atoms with Crippen molar-refractivity contribution in [3.63, 3.8) is 0 Å². The standard InChI is InChI=1S/C27H28FNO3S/c1-6-31-22-13-18(28)8-9-19(22)20-10-11-21-24(16(2)14-27(4,5)29-21)25(20)26(32-15-30)23-12-7-17(3)33-23/h7-15,26,29H,6H2,1-5H3. The molecule has 0 saturated heterocycles. The SMILES string of the molecule is CCOc1cc(F)ccc1-c1ccc2c(c1C(OC=O)c1ccc(C)s1)C(C)=CC(C)(C)N2. The first-order chi connectivity index (χ1) is 15.7. The summed E-state index contributed by atoms with van der Waals surface area (Å²) in [6, 6.07) is 12.6. The monoisotopic (exact) mass is 465 g/mol. The van der Waals surface area contributed by atoms with Gasteiger partial charge in [0.2, 0.25) is 0 Å². The predicted molar refractivity (Wildman–Crippen MR) is 132 cm³/mol. The molecule has 3 aromatic rings. The highest BCUT2D eigenvalue weighted by atomic mass is 32.1. The third kappa shape index (κ3) is 4.53. The van der Waals surface area contributed by atoms with E-state index in [2.05, 4.69) is 32.2 Å². The van der Waals surface area contributed by atoms with Crippen LogP contribution >= 0.6 is 11.3 Å². The van der Waals surface area contributed by atoms with Crippen LogP contribution in [0.1, 0.15) is 54.7 Å². The van der Waals surface area contributed by atoms with Crippen LogP contribution in [-0.2, 0) is 9.53 Å². The van der Waals surface area contributed by atoms with Crippen molar-refractivity contribution in [3.05, 3.63) is 75.2 Å². The summed E-state index contributed by atoms with van der Waals surface area (Å²) in [6.07, 6.45) is 1.56. The number of ether oxygens (including phenoxy) is 2. The summed E-state index contributed by atoms with van der Waals surface area (Å²) >= 11 is 1.59. The van der Waals surface area contributed by atoms with Crippen molar-refractivity contribution < 1.29 is 18.7 Å². The Labute approximate surface area is 198 Å². The Morgan fingerprint density at radius 2 is 1.88 bits per heavy atom. The van der Waals surface area contributed by atoms with E-state index in [9.17, 15) is 9.18 Å². The Balaban J connectivity index is 2.05. The molecule has 1 unspecified atom stereocenters. The third-order valence-electron chi connectivity index (χ3n) is 5.68. The van der Waals surface area contributed by atoms with Crippen molar-refractivity contribution in [2.24, 2.45) is 0 Å². The molecule has 0 spiro atoms. The molecule has 0 aliphatic carbocycles. The van der Waals surface area contributed by atoms with Gasteiger partial charge in [0.05, 0.1) is 12.1 Å². The first-order valence-corrected chi connectivity index (χ1v) is 11.8. The van der Waals surface area contributed by atoms with Crippen molar-refractivity contribution in [1.82, 2.24) is 0 Å². The van der Waals surface area contributed by atoms with Gasteiger partial charge in [-0.05, 0) is 76.1 Å². The van der Waals surface area contributed by atoms with Gasteiger partial charge in [-0.25, -0.2) is 4.39 Å². The molecular weight excluding hydrogens is 437 g/mol. The van der Waals surface area contributed by atoms with E-state index in [0.717, 1.165) is 43.3 Å². The average molecular weight is 466 g/mol. The van der Waals surface area contributed by atoms with Crippen molar-refractivity contribution in [2.45, 2.75) is 46.3 Å². The van der Waals surface area contributed by atoms with Gasteiger partial charge in [-0.15, -0.1) is 11.3 Å². The van der Waals surface area contributed by atoms with Gasteiger partial charge in [0, 0.05) is 38.2 Å². The lowest BCUT2D eigenvalue weighted by molar-refractivity contribution is -0.132. The minimum absolute atomic E-state index is 0.219. The number of aryl methyl sites for hydroxylation is 1. The number of allylic oxidation sites excluding steroid dienone is 1. The highest BCUT2D eigenvalue weighted by Gasteiger charge is 2.32. The van der Waals surface area contributed by atoms with Gasteiger partial charge in [-0.3, -0.25) is 4.79 Å². The zero-order chi connectivity index (χ0) is 23.8. The second kappa shape index (κ2) is 9.02. The van der Waals surface area contributed by atoms with Crippen LogP contribution in [0.5, 0.6) is 5.75 Å². The maximum atomic E-state index is 14.1. The van der Waals surface area contributed by atoms with Gasteiger partial charge in [0.15, 0.2) is 6.10 Å². The molecule has 4 nitrogen and oxygen atoms in total. The number of thiophene rings is 1. The van der Waals surface area contributed by atoms with Crippen LogP contribution in [0, 0.1) is 12.7 Å². The summed E-state index contributed by atoms with van der Waals surface area (Å²) in [4.78, 5) is 13.7. The zero-order valence-electron chi connectivity index (χ0n) is 19.5. The van der Waals surface area contributed by atoms with Gasteiger partial charge >= 0.3 is 0 Å². The van der Waals surface area contributed by atoms with Crippen molar-refractivity contribution in [3.8, 4) is 16.9 Å². The lowest BCUT2D eigenvalue weighted by Gasteiger charge is -2.34. The molecule has 1 aromatic heterocycles. The minimum Gasteiger partial charge on any atom is -0.493 e. The predicted octanol–water partition coefficient (Wildman–Crippen LogP) is 7.13. The van der Waals surface area contributed by atoms with Crippen LogP contribution in [0.3, 0.4) is 0 Å². The molecule has 1 aliphatic heterocycles. The van der Waals surface area contributed by atoms with Gasteiger partial charge in [-0.1, -0.05) is 12.1 Å². The molecule has 172 valence electrons. The Morgan fingerprint density at radius 1 is 1.12 bits per heavy atom. The molecule has 0 radical (unpaired) electrons. The van der Waals surface area contributed by atoms with E-state index in [4.69, 9.17) is 9.47 Å². The summed E-state index contributed by atoms with van der Waals surface area (Å²) < 4.78 is 25.6. The van der Waals surface area contributed by atoms with Gasteiger partial charge in [-0.2, -0.15) is 0 Å². The molecule has 2 heterocycles. The van der Waals surface area contributed by atoms with Crippen LogP contribution in [0.4, 0.5) is 10.1 Å². The van der Waals surface area contributed by atoms with E-state index < -0.39 is 6.10 Å². The molecule has 0 amide bonds. The first kappa shape index (κ1) is 23.1. The van der Waals surface area contributed by atoms with E-state index in [1.54, 1.807) is 17.4 Å². The number of rotatable bonds is 7. The molecule has 1 N–H and O–H groups in total. The first-order valence-electron chi connectivity index (χ1n) is 11.0. The van der Waals surface area contributed by atoms with Gasteiger partial charge in [0.1, 0.15) is 11.6 Å². The van der Waals surface area contributed by atoms with E-state index in [1.165, 1.54) is 12.1 Å². The highest BCUT2D eigenvalue weighted by molar-refractivity contribution is 7.12. The summed E-state index contributed by atoms with van der Waals surface area (Å²) in [5.41, 5.74) is 5.25. The molecule has 0 fully saturated rings. The molecular formula is C27H28FNO3S. The Morgan fingerprint density at radius 3 is 2.55 bits per heavy atom. The normalized spacial score (nSPS) is 15.2. The van der Waals surface area contributed by atoms with Crippen molar-refractivity contribution in [1.29, 1.82) is 0 Å². The maximum absolute atomic E-state index is 14.1. The Bertz CT molecular complexity index is 1230. The fraction of sp³-hybridized carbons (Fsp3) is 0.296. The van der Waals surface area contributed by atoms with Crippen LogP contribution in [0.2, 0.25) is 0 Å². The minimum atomic E-state index is -0.614. The number of carbonyl (C=O) groups excluding carboxylic acids is 1. The van der Waals surface area contributed by atoms with E-state index >= 15 is 0 Å². The molecule has 1 aliphatic rings. The number of hydrogen-bond acceptors (Lipinski definition) is 5. The Hall–Kier alpha value is -3.12. The third-order valence-corrected chi connectivity index (χ3v) is 6.73. The average Bonchev–Trinajstić information content (AvgIpc) is 3.17. The number of nitrogens with one attached hydrogen (secondary N) is 1. The van der Waals surface area contributed by atoms with Crippen LogP contribution in [-0.4, -0.2) is 18.6 Å². The second-order valence-corrected chi connectivity index (χ2v) is 10.1. The molecule has 33 heavy (non-hydrogen) atoms. The van der Waals surface area contributed by atoms with E-state index in [-0.39, 0.29) is 11.4 Å². The number of benzene rings is 2. The smallest absolute Gasteiger partial charge is 0.294 e. The molecule has 0 bridgehead atoms. The zero-order valence-corrected chi connectivity index (χ0v) is 20.3. The summed E-state index contributed by atoms with van der Waals surface area (Å²) in [5, 5.41) is 3.58. The molecule has 2 aromatic carbocycles. The molecule has 4 rings (SSSR count). The van der Waals surface area contributed by atoms with Gasteiger partial charge in [0.25, 0.3) is 6.47 Å². The highest BCUT2D eigenvalue weighted by Crippen LogP contribution is 2.47. The second-order valence-electron chi connectivity index (χ2n) is 8.76. The maximum Gasteiger partial charge on any atom is 0.294 e. The molecule has 6 heteroatoms. The van der Waals surface area contributed by atoms with E-state index in [0.29, 0.717) is 18.8 Å². The fourth-order valence-electron chi connectivity index (χ4n) is 4.57. The number of hydrogen-bond donors (Lipinski definition) is 1. The quantitative estimate of drug-likeness (QED) is 0.377. The van der Waals surface area contributed by atoms with Crippen LogP contribution in [0.15, 0.2) is 48.5 Å². The van der Waals surface area contributed by atoms with Crippen LogP contribution in [0.25, 0.3) is 16.7 Å². The summed E-state index contributed by atoms with van der Waals surface area (Å²) in [6.45, 7) is 11.1. The Kier molecular flexibility index (Phi) is 6.30. The number of halogens is 1. The van der Waals surface area contributed by atoms with Crippen molar-refractivity contribution in [2.75, 3.05) is 11.9 Å². The molecule has 1 atom stereocenters. The lowest BCUT2D eigenvalue weighted by atomic mass is 9.82. The summed E-state index contributed by atoms with van der Waals surface area (Å²) in [5.74, 6) is 0.0902. The largest absolute Gasteiger partial charge is 0.493 e. The topological polar surface area (TPSA) is 47.6 Å². The molecule has 0 saturated carbocycles. The fourth-order valence-corrected chi connectivity index (χ4v) is 5.50. The summed E-state index contributed by atoms with van der Waals surface area (Å²) in [7, 11) is 0. The number of fused-ring (bicyclic) bond motifs is 1. The number of carbonyl (C=O) groups is 1. The lowest BCUT2D eigenvalue weighted by Crippen LogP contribution is -2.32. The van der Waals surface area contributed by atoms with Crippen molar-refractivity contribution >= 4 is 29.1 Å². The van der Waals surface area contributed by atoms with E-state index in [1.807, 2.05) is 38.1 Å².